The van der Waals surface area contributed by atoms with Crippen molar-refractivity contribution >= 4 is 27.3 Å². The molecule has 0 saturated carbocycles. The van der Waals surface area contributed by atoms with Gasteiger partial charge in [0.2, 0.25) is 10.0 Å². The first kappa shape index (κ1) is 22.4. The zero-order valence-corrected chi connectivity index (χ0v) is 19.2. The van der Waals surface area contributed by atoms with Gasteiger partial charge in [-0.1, -0.05) is 18.6 Å². The Hall–Kier alpha value is -1.78. The van der Waals surface area contributed by atoms with Crippen LogP contribution in [0.1, 0.15) is 40.5 Å². The smallest absolute Gasteiger partial charge is 0.251 e. The fraction of sp³-hybridized carbons (Fsp3) is 0.500. The summed E-state index contributed by atoms with van der Waals surface area (Å²) in [5, 5.41) is 5.06. The Kier molecular flexibility index (Phi) is 7.39. The fourth-order valence-electron chi connectivity index (χ4n) is 4.12. The van der Waals surface area contributed by atoms with E-state index in [0.29, 0.717) is 38.4 Å². The van der Waals surface area contributed by atoms with Crippen LogP contribution in [0.5, 0.6) is 0 Å². The maximum Gasteiger partial charge on any atom is 0.251 e. The zero-order valence-electron chi connectivity index (χ0n) is 17.5. The number of carbonyl (C=O) groups excluding carboxylic acids is 1. The van der Waals surface area contributed by atoms with Crippen LogP contribution in [0.3, 0.4) is 0 Å². The Morgan fingerprint density at radius 2 is 1.84 bits per heavy atom. The highest BCUT2D eigenvalue weighted by Gasteiger charge is 2.27. The van der Waals surface area contributed by atoms with Crippen molar-refractivity contribution in [1.29, 1.82) is 0 Å². The molecule has 7 nitrogen and oxygen atoms in total. The summed E-state index contributed by atoms with van der Waals surface area (Å²) in [6, 6.07) is 10.6. The van der Waals surface area contributed by atoms with Gasteiger partial charge in [0.25, 0.3) is 5.91 Å². The Morgan fingerprint density at radius 3 is 2.55 bits per heavy atom. The summed E-state index contributed by atoms with van der Waals surface area (Å²) >= 11 is 1.68. The van der Waals surface area contributed by atoms with Crippen LogP contribution in [0, 0.1) is 0 Å². The van der Waals surface area contributed by atoms with Gasteiger partial charge in [-0.3, -0.25) is 9.69 Å². The largest absolute Gasteiger partial charge is 0.379 e. The lowest BCUT2D eigenvalue weighted by Crippen LogP contribution is -2.43. The maximum atomic E-state index is 13.0. The van der Waals surface area contributed by atoms with Gasteiger partial charge in [-0.15, -0.1) is 11.3 Å². The van der Waals surface area contributed by atoms with E-state index in [-0.39, 0.29) is 16.8 Å². The predicted molar refractivity (Wildman–Crippen MR) is 121 cm³/mol. The minimum Gasteiger partial charge on any atom is -0.379 e. The number of ether oxygens (including phenoxy) is 1. The second-order valence-corrected chi connectivity index (χ2v) is 10.8. The zero-order chi connectivity index (χ0) is 21.7. The molecule has 0 aliphatic carbocycles. The Balaban J connectivity index is 1.46. The SMILES string of the molecule is O=C(NCC(c1cccs1)N1CCOCC1)c1cccc(S(=O)(=O)N2CCCCC2)c1. The van der Waals surface area contributed by atoms with E-state index >= 15 is 0 Å². The first-order valence-electron chi connectivity index (χ1n) is 10.8. The quantitative estimate of drug-likeness (QED) is 0.683. The van der Waals surface area contributed by atoms with Crippen molar-refractivity contribution < 1.29 is 17.9 Å². The van der Waals surface area contributed by atoms with Gasteiger partial charge in [-0.05, 0) is 42.5 Å². The normalized spacial score (nSPS) is 19.7. The third-order valence-electron chi connectivity index (χ3n) is 5.86. The summed E-state index contributed by atoms with van der Waals surface area (Å²) in [7, 11) is -3.57. The molecule has 168 valence electrons. The summed E-state index contributed by atoms with van der Waals surface area (Å²) in [5.74, 6) is -0.259. The number of thiophene rings is 1. The van der Waals surface area contributed by atoms with Crippen molar-refractivity contribution in [2.24, 2.45) is 0 Å². The summed E-state index contributed by atoms with van der Waals surface area (Å²) in [5.41, 5.74) is 0.366. The topological polar surface area (TPSA) is 79.0 Å². The number of carbonyl (C=O) groups is 1. The summed E-state index contributed by atoms with van der Waals surface area (Å²) in [6.45, 7) is 4.56. The van der Waals surface area contributed by atoms with Crippen LogP contribution in [0.2, 0.25) is 0 Å². The van der Waals surface area contributed by atoms with Crippen LogP contribution in [0.15, 0.2) is 46.7 Å². The lowest BCUT2D eigenvalue weighted by atomic mass is 10.1. The van der Waals surface area contributed by atoms with Gasteiger partial charge < -0.3 is 10.1 Å². The second-order valence-electron chi connectivity index (χ2n) is 7.88. The van der Waals surface area contributed by atoms with E-state index in [0.717, 1.165) is 32.4 Å². The van der Waals surface area contributed by atoms with Gasteiger partial charge >= 0.3 is 0 Å². The van der Waals surface area contributed by atoms with Crippen LogP contribution in [-0.2, 0) is 14.8 Å². The van der Waals surface area contributed by atoms with Gasteiger partial charge in [0, 0.05) is 43.2 Å². The second kappa shape index (κ2) is 10.2. The number of sulfonamides is 1. The van der Waals surface area contributed by atoms with E-state index in [1.54, 1.807) is 29.5 Å². The predicted octanol–water partition coefficient (Wildman–Crippen LogP) is 2.73. The molecule has 2 aromatic rings. The van der Waals surface area contributed by atoms with Crippen molar-refractivity contribution in [3.63, 3.8) is 0 Å². The van der Waals surface area contributed by atoms with Crippen LogP contribution >= 0.6 is 11.3 Å². The molecule has 2 aliphatic rings. The van der Waals surface area contributed by atoms with Crippen molar-refractivity contribution in [3.05, 3.63) is 52.2 Å². The summed E-state index contributed by atoms with van der Waals surface area (Å²) in [4.78, 5) is 16.6. The Morgan fingerprint density at radius 1 is 1.06 bits per heavy atom. The number of hydrogen-bond donors (Lipinski definition) is 1. The van der Waals surface area contributed by atoms with Crippen molar-refractivity contribution in [3.8, 4) is 0 Å². The van der Waals surface area contributed by atoms with Crippen molar-refractivity contribution in [1.82, 2.24) is 14.5 Å². The molecule has 1 aromatic heterocycles. The number of benzene rings is 1. The van der Waals surface area contributed by atoms with Gasteiger partial charge in [0.05, 0.1) is 24.2 Å². The van der Waals surface area contributed by atoms with E-state index in [4.69, 9.17) is 4.74 Å². The Labute approximate surface area is 188 Å². The van der Waals surface area contributed by atoms with Gasteiger partial charge in [0.1, 0.15) is 0 Å². The molecule has 1 atom stereocenters. The number of morpholine rings is 1. The third kappa shape index (κ3) is 5.35. The molecule has 9 heteroatoms. The lowest BCUT2D eigenvalue weighted by molar-refractivity contribution is 0.0169. The highest BCUT2D eigenvalue weighted by Crippen LogP contribution is 2.26. The number of piperidine rings is 1. The standard InChI is InChI=1S/C22H29N3O4S2/c26-22(23-17-20(21-8-5-15-30-21)24-11-13-29-14-12-24)18-6-4-7-19(16-18)31(27,28)25-9-2-1-3-10-25/h4-8,15-16,20H,1-3,9-14,17H2,(H,23,26). The number of rotatable bonds is 7. The molecule has 31 heavy (non-hydrogen) atoms. The molecule has 0 radical (unpaired) electrons. The summed E-state index contributed by atoms with van der Waals surface area (Å²) < 4.78 is 32.9. The maximum absolute atomic E-state index is 13.0. The third-order valence-corrected chi connectivity index (χ3v) is 8.73. The first-order chi connectivity index (χ1) is 15.1. The molecule has 4 rings (SSSR count). The van der Waals surface area contributed by atoms with Crippen molar-refractivity contribution in [2.75, 3.05) is 45.9 Å². The number of nitrogens with one attached hydrogen (secondary N) is 1. The van der Waals surface area contributed by atoms with Crippen molar-refractivity contribution in [2.45, 2.75) is 30.2 Å². The van der Waals surface area contributed by atoms with Crippen LogP contribution in [-0.4, -0.2) is 69.5 Å². The first-order valence-corrected chi connectivity index (χ1v) is 13.1. The molecular formula is C22H29N3O4S2. The van der Waals surface area contributed by atoms with E-state index in [9.17, 15) is 13.2 Å². The van der Waals surface area contributed by atoms with E-state index < -0.39 is 10.0 Å². The fourth-order valence-corrected chi connectivity index (χ4v) is 6.55. The number of amides is 1. The van der Waals surface area contributed by atoms with Crippen LogP contribution in [0.25, 0.3) is 0 Å². The summed E-state index contributed by atoms with van der Waals surface area (Å²) in [6.07, 6.45) is 2.82. The average molecular weight is 464 g/mol. The average Bonchev–Trinajstić information content (AvgIpc) is 3.35. The van der Waals surface area contributed by atoms with Gasteiger partial charge in [-0.2, -0.15) is 4.31 Å². The molecule has 1 unspecified atom stereocenters. The highest BCUT2D eigenvalue weighted by atomic mass is 32.2. The molecule has 2 fully saturated rings. The van der Waals surface area contributed by atoms with Crippen LogP contribution in [0.4, 0.5) is 0 Å². The molecular weight excluding hydrogens is 434 g/mol. The molecule has 2 saturated heterocycles. The van der Waals surface area contributed by atoms with E-state index in [1.807, 2.05) is 11.4 Å². The molecule has 0 bridgehead atoms. The molecule has 1 amide bonds. The molecule has 3 heterocycles. The minimum absolute atomic E-state index is 0.0770. The van der Waals surface area contributed by atoms with E-state index in [1.165, 1.54) is 15.2 Å². The minimum atomic E-state index is -3.57. The highest BCUT2D eigenvalue weighted by molar-refractivity contribution is 7.89. The lowest BCUT2D eigenvalue weighted by Gasteiger charge is -2.34. The monoisotopic (exact) mass is 463 g/mol. The molecule has 1 aromatic carbocycles. The Bertz CT molecular complexity index is 966. The number of nitrogens with zero attached hydrogens (tertiary/aromatic N) is 2. The van der Waals surface area contributed by atoms with Gasteiger partial charge in [0.15, 0.2) is 0 Å². The molecule has 0 spiro atoms. The van der Waals surface area contributed by atoms with Gasteiger partial charge in [-0.25, -0.2) is 8.42 Å². The van der Waals surface area contributed by atoms with Crippen LogP contribution < -0.4 is 5.32 Å². The molecule has 2 aliphatic heterocycles. The number of hydrogen-bond acceptors (Lipinski definition) is 6. The van der Waals surface area contributed by atoms with E-state index in [2.05, 4.69) is 16.3 Å². The molecule has 1 N–H and O–H groups in total.